The zero-order chi connectivity index (χ0) is 37.5. The Morgan fingerprint density at radius 2 is 1.52 bits per heavy atom. The molecule has 1 aromatic rings. The minimum absolute atomic E-state index is 0.224. The number of hydrogen-bond acceptors (Lipinski definition) is 9. The first-order valence-electron chi connectivity index (χ1n) is 19.0. The van der Waals surface area contributed by atoms with E-state index in [9.17, 15) is 24.6 Å². The molecule has 1 atom stereocenters. The number of esters is 1. The van der Waals surface area contributed by atoms with Crippen LogP contribution in [0.2, 0.25) is 0 Å². The van der Waals surface area contributed by atoms with Crippen molar-refractivity contribution in [3.05, 3.63) is 90.3 Å². The number of nitrogens with zero attached hydrogens (tertiary/aromatic N) is 2. The number of morpholine rings is 1. The van der Waals surface area contributed by atoms with Gasteiger partial charge in [-0.15, -0.1) is 0 Å². The first-order valence-corrected chi connectivity index (χ1v) is 19.0. The van der Waals surface area contributed by atoms with Crippen molar-refractivity contribution in [2.24, 2.45) is 0 Å². The maximum atomic E-state index is 12.8. The van der Waals surface area contributed by atoms with E-state index in [1.54, 1.807) is 12.3 Å². The van der Waals surface area contributed by atoms with Crippen LogP contribution in [0.3, 0.4) is 0 Å². The van der Waals surface area contributed by atoms with Gasteiger partial charge in [0, 0.05) is 50.9 Å². The minimum atomic E-state index is -1.05. The van der Waals surface area contributed by atoms with Crippen LogP contribution < -0.4 is 10.6 Å². The molecule has 11 heteroatoms. The van der Waals surface area contributed by atoms with Crippen molar-refractivity contribution >= 4 is 17.8 Å². The maximum absolute atomic E-state index is 12.8. The topological polar surface area (TPSA) is 150 Å². The normalized spacial score (nSPS) is 14.8. The molecule has 0 aromatic carbocycles. The lowest BCUT2D eigenvalue weighted by atomic mass is 10.1. The smallest absolute Gasteiger partial charge is 0.329 e. The Labute approximate surface area is 310 Å². The number of amides is 2. The highest BCUT2D eigenvalue weighted by molar-refractivity contribution is 5.93. The molecule has 2 heterocycles. The van der Waals surface area contributed by atoms with Crippen LogP contribution in [0.5, 0.6) is 0 Å². The summed E-state index contributed by atoms with van der Waals surface area (Å²) in [4.78, 5) is 44.9. The highest BCUT2D eigenvalue weighted by atomic mass is 16.6. The van der Waals surface area contributed by atoms with Crippen molar-refractivity contribution in [2.75, 3.05) is 52.6 Å². The Morgan fingerprint density at radius 3 is 2.12 bits per heavy atom. The molecule has 288 valence electrons. The van der Waals surface area contributed by atoms with Crippen LogP contribution in [-0.2, 0) is 25.5 Å². The van der Waals surface area contributed by atoms with Gasteiger partial charge in [-0.2, -0.15) is 0 Å². The lowest BCUT2D eigenvalue weighted by Crippen LogP contribution is -2.44. The number of unbranched alkanes of at least 4 members (excludes halogenated alkanes) is 2. The van der Waals surface area contributed by atoms with Gasteiger partial charge in [0.2, 0.25) is 5.91 Å². The van der Waals surface area contributed by atoms with Crippen molar-refractivity contribution < 1.29 is 34.1 Å². The van der Waals surface area contributed by atoms with E-state index in [0.717, 1.165) is 83.5 Å². The molecule has 1 aliphatic rings. The van der Waals surface area contributed by atoms with Crippen LogP contribution in [0.15, 0.2) is 79.1 Å². The van der Waals surface area contributed by atoms with E-state index < -0.39 is 31.3 Å². The van der Waals surface area contributed by atoms with E-state index in [1.807, 2.05) is 6.07 Å². The van der Waals surface area contributed by atoms with Crippen molar-refractivity contribution in [1.29, 1.82) is 0 Å². The Balaban J connectivity index is 1.66. The summed E-state index contributed by atoms with van der Waals surface area (Å²) < 4.78 is 10.6. The van der Waals surface area contributed by atoms with E-state index in [-0.39, 0.29) is 24.7 Å². The van der Waals surface area contributed by atoms with Gasteiger partial charge < -0.3 is 30.3 Å². The SMILES string of the molecule is CCC=CCC=CCC=CCC=CCC=CCCCC(=O)N[C@@H](CCCCNC(=O)c1ccc(CCN2CCOCC2)nc1)C(=O)OC(CO)CO. The third kappa shape index (κ3) is 21.5. The second kappa shape index (κ2) is 29.7. The Morgan fingerprint density at radius 1 is 0.885 bits per heavy atom. The van der Waals surface area contributed by atoms with Gasteiger partial charge in [0.25, 0.3) is 5.91 Å². The number of pyridine rings is 1. The Hall–Kier alpha value is -3.90. The number of carbonyl (C=O) groups excluding carboxylic acids is 3. The van der Waals surface area contributed by atoms with E-state index in [0.29, 0.717) is 31.4 Å². The molecule has 2 rings (SSSR count). The number of ether oxygens (including phenoxy) is 2. The Bertz CT molecular complexity index is 1270. The molecule has 0 bridgehead atoms. The predicted octanol–water partition coefficient (Wildman–Crippen LogP) is 5.16. The number of carbonyl (C=O) groups is 3. The van der Waals surface area contributed by atoms with Gasteiger partial charge in [-0.05, 0) is 76.3 Å². The van der Waals surface area contributed by atoms with Gasteiger partial charge in [-0.3, -0.25) is 19.5 Å². The van der Waals surface area contributed by atoms with Crippen LogP contribution >= 0.6 is 0 Å². The average Bonchev–Trinajstić information content (AvgIpc) is 3.17. The lowest BCUT2D eigenvalue weighted by Gasteiger charge is -2.26. The molecule has 0 radical (unpaired) electrons. The number of allylic oxidation sites excluding steroid dienone is 10. The lowest BCUT2D eigenvalue weighted by molar-refractivity contribution is -0.157. The van der Waals surface area contributed by atoms with Gasteiger partial charge in [0.05, 0.1) is 32.0 Å². The molecule has 1 saturated heterocycles. The molecular formula is C41H62N4O7. The molecule has 0 saturated carbocycles. The summed E-state index contributed by atoms with van der Waals surface area (Å²) in [6.07, 6.45) is 30.5. The van der Waals surface area contributed by atoms with Gasteiger partial charge in [-0.1, -0.05) is 67.7 Å². The second-order valence-electron chi connectivity index (χ2n) is 12.6. The van der Waals surface area contributed by atoms with Crippen molar-refractivity contribution in [2.45, 2.75) is 96.1 Å². The molecule has 2 amide bonds. The van der Waals surface area contributed by atoms with Crippen molar-refractivity contribution in [3.63, 3.8) is 0 Å². The predicted molar refractivity (Wildman–Crippen MR) is 206 cm³/mol. The summed E-state index contributed by atoms with van der Waals surface area (Å²) in [6.45, 7) is 5.74. The number of aromatic nitrogens is 1. The summed E-state index contributed by atoms with van der Waals surface area (Å²) in [6, 6.07) is 2.73. The largest absolute Gasteiger partial charge is 0.456 e. The summed E-state index contributed by atoms with van der Waals surface area (Å²) >= 11 is 0. The molecule has 0 aliphatic carbocycles. The molecule has 52 heavy (non-hydrogen) atoms. The molecular weight excluding hydrogens is 660 g/mol. The summed E-state index contributed by atoms with van der Waals surface area (Å²) in [5, 5.41) is 24.3. The van der Waals surface area contributed by atoms with Crippen LogP contribution in [0.4, 0.5) is 0 Å². The van der Waals surface area contributed by atoms with Crippen LogP contribution in [0.1, 0.15) is 93.6 Å². The molecule has 1 fully saturated rings. The van der Waals surface area contributed by atoms with E-state index in [2.05, 4.69) is 88.2 Å². The summed E-state index contributed by atoms with van der Waals surface area (Å²) in [7, 11) is 0. The third-order valence-electron chi connectivity index (χ3n) is 8.32. The second-order valence-corrected chi connectivity index (χ2v) is 12.6. The highest BCUT2D eigenvalue weighted by Gasteiger charge is 2.24. The fourth-order valence-electron chi connectivity index (χ4n) is 5.22. The van der Waals surface area contributed by atoms with Crippen LogP contribution in [0, 0.1) is 0 Å². The summed E-state index contributed by atoms with van der Waals surface area (Å²) in [5.74, 6) is -1.20. The monoisotopic (exact) mass is 722 g/mol. The number of aliphatic hydroxyl groups is 2. The molecule has 11 nitrogen and oxygen atoms in total. The number of aliphatic hydroxyl groups excluding tert-OH is 2. The van der Waals surface area contributed by atoms with Gasteiger partial charge in [0.1, 0.15) is 12.1 Å². The fraction of sp³-hybridized carbons (Fsp3) is 0.561. The summed E-state index contributed by atoms with van der Waals surface area (Å²) in [5.41, 5.74) is 1.41. The molecule has 1 aliphatic heterocycles. The van der Waals surface area contributed by atoms with E-state index >= 15 is 0 Å². The zero-order valence-electron chi connectivity index (χ0n) is 31.1. The average molecular weight is 723 g/mol. The Kier molecular flexibility index (Phi) is 25.2. The molecule has 1 aromatic heterocycles. The van der Waals surface area contributed by atoms with E-state index in [4.69, 9.17) is 9.47 Å². The van der Waals surface area contributed by atoms with E-state index in [1.165, 1.54) is 0 Å². The van der Waals surface area contributed by atoms with Crippen LogP contribution in [-0.4, -0.2) is 103 Å². The quantitative estimate of drug-likeness (QED) is 0.0549. The molecule has 0 unspecified atom stereocenters. The van der Waals surface area contributed by atoms with Crippen LogP contribution in [0.25, 0.3) is 0 Å². The van der Waals surface area contributed by atoms with Crippen molar-refractivity contribution in [1.82, 2.24) is 20.5 Å². The van der Waals surface area contributed by atoms with Crippen molar-refractivity contribution in [3.8, 4) is 0 Å². The number of hydrogen-bond donors (Lipinski definition) is 4. The van der Waals surface area contributed by atoms with Gasteiger partial charge in [0.15, 0.2) is 0 Å². The van der Waals surface area contributed by atoms with Gasteiger partial charge in [-0.25, -0.2) is 4.79 Å². The molecule has 4 N–H and O–H groups in total. The first kappa shape index (κ1) is 44.3. The zero-order valence-corrected chi connectivity index (χ0v) is 31.1. The first-order chi connectivity index (χ1) is 25.5. The third-order valence-corrected chi connectivity index (χ3v) is 8.32. The molecule has 0 spiro atoms. The highest BCUT2D eigenvalue weighted by Crippen LogP contribution is 2.09. The fourth-order valence-corrected chi connectivity index (χ4v) is 5.22. The number of rotatable bonds is 27. The minimum Gasteiger partial charge on any atom is -0.456 e. The number of nitrogens with one attached hydrogen (secondary N) is 2. The standard InChI is InChI=1S/C41H62N4O7/c1-2-3-4-5-6-7-8-9-10-11-12-13-14-15-16-17-18-22-39(48)44-38(41(50)52-37(33-46)34-47)21-19-20-26-42-40(49)35-23-24-36(43-32-35)25-27-45-28-30-51-31-29-45/h3-4,6-7,9-10,12-13,15-16,23-24,32,37-38,46-47H,2,5,8,11,14,17-22,25-31,33-34H2,1H3,(H,42,49)(H,44,48)/t38-/m0/s1. The maximum Gasteiger partial charge on any atom is 0.329 e. The van der Waals surface area contributed by atoms with Gasteiger partial charge >= 0.3 is 5.97 Å².